The molecule has 2 aromatic carbocycles. The van der Waals surface area contributed by atoms with Crippen molar-refractivity contribution >= 4 is 23.0 Å². The number of anilines is 1. The van der Waals surface area contributed by atoms with E-state index in [1.165, 1.54) is 30.3 Å². The van der Waals surface area contributed by atoms with Crippen molar-refractivity contribution in [2.75, 3.05) is 11.9 Å². The molecule has 0 spiro atoms. The SMILES string of the molecule is C/C(=N\NC(=O)CNc1cccc(C(F)(F)F)c1)c1cccc([N+](=O)[O-])c1. The number of hydrazone groups is 1. The van der Waals surface area contributed by atoms with Crippen molar-refractivity contribution in [3.8, 4) is 0 Å². The molecular weight excluding hydrogens is 365 g/mol. The van der Waals surface area contributed by atoms with Crippen molar-refractivity contribution in [3.63, 3.8) is 0 Å². The molecule has 0 aliphatic carbocycles. The van der Waals surface area contributed by atoms with Crippen LogP contribution < -0.4 is 10.7 Å². The van der Waals surface area contributed by atoms with E-state index in [9.17, 15) is 28.1 Å². The van der Waals surface area contributed by atoms with Crippen LogP contribution in [0.1, 0.15) is 18.1 Å². The molecule has 0 atom stereocenters. The molecular formula is C17H15F3N4O3. The minimum atomic E-state index is -4.47. The van der Waals surface area contributed by atoms with Crippen LogP contribution in [0.4, 0.5) is 24.5 Å². The van der Waals surface area contributed by atoms with Crippen molar-refractivity contribution in [1.29, 1.82) is 0 Å². The highest BCUT2D eigenvalue weighted by Crippen LogP contribution is 2.30. The molecule has 0 saturated heterocycles. The molecule has 0 aliphatic rings. The van der Waals surface area contributed by atoms with Gasteiger partial charge in [0.25, 0.3) is 11.6 Å². The lowest BCUT2D eigenvalue weighted by Crippen LogP contribution is -2.26. The summed E-state index contributed by atoms with van der Waals surface area (Å²) in [6, 6.07) is 10.2. The predicted octanol–water partition coefficient (Wildman–Crippen LogP) is 3.57. The Hall–Kier alpha value is -3.43. The van der Waals surface area contributed by atoms with Gasteiger partial charge in [0.1, 0.15) is 0 Å². The van der Waals surface area contributed by atoms with Crippen LogP contribution in [0.5, 0.6) is 0 Å². The number of amides is 1. The van der Waals surface area contributed by atoms with Gasteiger partial charge in [-0.05, 0) is 25.1 Å². The van der Waals surface area contributed by atoms with Crippen molar-refractivity contribution in [1.82, 2.24) is 5.43 Å². The van der Waals surface area contributed by atoms with Gasteiger partial charge in [-0.1, -0.05) is 18.2 Å². The molecule has 0 radical (unpaired) electrons. The average molecular weight is 380 g/mol. The van der Waals surface area contributed by atoms with Crippen LogP contribution in [0, 0.1) is 10.1 Å². The number of halogens is 3. The number of nitro benzene ring substituents is 1. The third-order valence-electron chi connectivity index (χ3n) is 3.47. The zero-order valence-electron chi connectivity index (χ0n) is 14.1. The fraction of sp³-hybridized carbons (Fsp3) is 0.176. The first-order valence-electron chi connectivity index (χ1n) is 7.66. The standard InChI is InChI=1S/C17H15F3N4O3/c1-11(12-4-2-7-15(8-12)24(26)27)22-23-16(25)10-21-14-6-3-5-13(9-14)17(18,19)20/h2-9,21H,10H2,1H3,(H,23,25)/b22-11+. The van der Waals surface area contributed by atoms with Crippen molar-refractivity contribution in [2.45, 2.75) is 13.1 Å². The zero-order chi connectivity index (χ0) is 20.0. The number of carbonyl (C=O) groups excluding carboxylic acids is 1. The second-order valence-corrected chi connectivity index (χ2v) is 5.47. The monoisotopic (exact) mass is 380 g/mol. The third-order valence-corrected chi connectivity index (χ3v) is 3.47. The van der Waals surface area contributed by atoms with Gasteiger partial charge in [-0.25, -0.2) is 5.43 Å². The largest absolute Gasteiger partial charge is 0.416 e. The number of hydrogen-bond donors (Lipinski definition) is 2. The molecule has 0 aromatic heterocycles. The first-order chi connectivity index (χ1) is 12.7. The molecule has 1 amide bonds. The maximum Gasteiger partial charge on any atom is 0.416 e. The Morgan fingerprint density at radius 2 is 1.89 bits per heavy atom. The van der Waals surface area contributed by atoms with Crippen LogP contribution in [0.15, 0.2) is 53.6 Å². The van der Waals surface area contributed by atoms with Gasteiger partial charge in [-0.3, -0.25) is 14.9 Å². The van der Waals surface area contributed by atoms with Gasteiger partial charge in [0.15, 0.2) is 0 Å². The van der Waals surface area contributed by atoms with E-state index in [1.54, 1.807) is 13.0 Å². The molecule has 10 heteroatoms. The first-order valence-corrected chi connectivity index (χ1v) is 7.66. The lowest BCUT2D eigenvalue weighted by atomic mass is 10.1. The summed E-state index contributed by atoms with van der Waals surface area (Å²) in [4.78, 5) is 22.0. The van der Waals surface area contributed by atoms with Gasteiger partial charge in [0, 0.05) is 23.4 Å². The fourth-order valence-corrected chi connectivity index (χ4v) is 2.08. The van der Waals surface area contributed by atoms with E-state index in [1.807, 2.05) is 0 Å². The summed E-state index contributed by atoms with van der Waals surface area (Å²) in [5, 5.41) is 17.2. The summed E-state index contributed by atoms with van der Waals surface area (Å²) < 4.78 is 37.9. The van der Waals surface area contributed by atoms with Crippen LogP contribution in [0.3, 0.4) is 0 Å². The number of alkyl halides is 3. The van der Waals surface area contributed by atoms with Crippen molar-refractivity contribution < 1.29 is 22.9 Å². The molecule has 7 nitrogen and oxygen atoms in total. The average Bonchev–Trinajstić information content (AvgIpc) is 2.64. The highest BCUT2D eigenvalue weighted by atomic mass is 19.4. The number of non-ortho nitro benzene ring substituents is 1. The highest BCUT2D eigenvalue weighted by Gasteiger charge is 2.30. The molecule has 2 aromatic rings. The van der Waals surface area contributed by atoms with Gasteiger partial charge < -0.3 is 5.32 Å². The Morgan fingerprint density at radius 3 is 2.56 bits per heavy atom. The molecule has 0 heterocycles. The number of nitrogens with zero attached hydrogens (tertiary/aromatic N) is 2. The number of nitrogens with one attached hydrogen (secondary N) is 2. The van der Waals surface area contributed by atoms with E-state index < -0.39 is 22.6 Å². The second-order valence-electron chi connectivity index (χ2n) is 5.47. The first kappa shape index (κ1) is 19.9. The molecule has 0 fully saturated rings. The number of rotatable bonds is 6. The zero-order valence-corrected chi connectivity index (χ0v) is 14.1. The van der Waals surface area contributed by atoms with E-state index >= 15 is 0 Å². The summed E-state index contributed by atoms with van der Waals surface area (Å²) in [7, 11) is 0. The van der Waals surface area contributed by atoms with Crippen LogP contribution in [-0.4, -0.2) is 23.1 Å². The van der Waals surface area contributed by atoms with Gasteiger partial charge in [-0.2, -0.15) is 18.3 Å². The Morgan fingerprint density at radius 1 is 1.19 bits per heavy atom. The van der Waals surface area contributed by atoms with Gasteiger partial charge >= 0.3 is 6.18 Å². The highest BCUT2D eigenvalue weighted by molar-refractivity contribution is 5.99. The van der Waals surface area contributed by atoms with E-state index in [4.69, 9.17) is 0 Å². The quantitative estimate of drug-likeness (QED) is 0.455. The van der Waals surface area contributed by atoms with Gasteiger partial charge in [-0.15, -0.1) is 0 Å². The maximum atomic E-state index is 12.6. The predicted molar refractivity (Wildman–Crippen MR) is 93.4 cm³/mol. The molecule has 142 valence electrons. The number of nitro groups is 1. The fourth-order valence-electron chi connectivity index (χ4n) is 2.08. The summed E-state index contributed by atoms with van der Waals surface area (Å²) in [6.45, 7) is 1.26. The Bertz CT molecular complexity index is 882. The minimum absolute atomic E-state index is 0.111. The van der Waals surface area contributed by atoms with Crippen molar-refractivity contribution in [2.24, 2.45) is 5.10 Å². The van der Waals surface area contributed by atoms with E-state index in [0.717, 1.165) is 12.1 Å². The number of benzene rings is 2. The second kappa shape index (κ2) is 8.30. The van der Waals surface area contributed by atoms with Gasteiger partial charge in [0.05, 0.1) is 22.7 Å². The molecule has 27 heavy (non-hydrogen) atoms. The van der Waals surface area contributed by atoms with Crippen LogP contribution in [0.25, 0.3) is 0 Å². The Labute approximate surface area is 152 Å². The van der Waals surface area contributed by atoms with Crippen LogP contribution in [0.2, 0.25) is 0 Å². The molecule has 2 N–H and O–H groups in total. The lowest BCUT2D eigenvalue weighted by molar-refractivity contribution is -0.384. The third kappa shape index (κ3) is 5.80. The normalized spacial score (nSPS) is 11.8. The van der Waals surface area contributed by atoms with Gasteiger partial charge in [0.2, 0.25) is 0 Å². The van der Waals surface area contributed by atoms with E-state index in [-0.39, 0.29) is 17.9 Å². The van der Waals surface area contributed by atoms with Crippen molar-refractivity contribution in [3.05, 3.63) is 69.8 Å². The van der Waals surface area contributed by atoms with Crippen LogP contribution in [-0.2, 0) is 11.0 Å². The summed E-state index contributed by atoms with van der Waals surface area (Å²) in [6.07, 6.45) is -4.47. The molecule has 0 bridgehead atoms. The Balaban J connectivity index is 1.95. The molecule has 0 aliphatic heterocycles. The van der Waals surface area contributed by atoms with E-state index in [0.29, 0.717) is 11.3 Å². The smallest absolute Gasteiger partial charge is 0.376 e. The lowest BCUT2D eigenvalue weighted by Gasteiger charge is -2.10. The minimum Gasteiger partial charge on any atom is -0.376 e. The molecule has 0 saturated carbocycles. The van der Waals surface area contributed by atoms with E-state index in [2.05, 4.69) is 15.8 Å². The summed E-state index contributed by atoms with van der Waals surface area (Å²) in [5.74, 6) is -0.586. The summed E-state index contributed by atoms with van der Waals surface area (Å²) >= 11 is 0. The summed E-state index contributed by atoms with van der Waals surface area (Å²) in [5.41, 5.74) is 2.23. The molecule has 2 rings (SSSR count). The number of carbonyl (C=O) groups is 1. The van der Waals surface area contributed by atoms with Crippen LogP contribution >= 0.6 is 0 Å². The maximum absolute atomic E-state index is 12.6. The topological polar surface area (TPSA) is 96.6 Å². The molecule has 0 unspecified atom stereocenters. The number of hydrogen-bond acceptors (Lipinski definition) is 5. The Kier molecular flexibility index (Phi) is 6.11.